The number of methoxy groups -OCH3 is 1. The van der Waals surface area contributed by atoms with Gasteiger partial charge in [0.25, 0.3) is 5.95 Å². The van der Waals surface area contributed by atoms with E-state index in [1.165, 1.54) is 7.11 Å². The van der Waals surface area contributed by atoms with E-state index in [2.05, 4.69) is 25.6 Å². The molecule has 0 aliphatic rings. The van der Waals surface area contributed by atoms with Crippen molar-refractivity contribution < 1.29 is 4.74 Å². The minimum Gasteiger partial charge on any atom is -0.490 e. The monoisotopic (exact) mass is 369 g/mol. The van der Waals surface area contributed by atoms with Gasteiger partial charge in [-0.1, -0.05) is 23.2 Å². The van der Waals surface area contributed by atoms with E-state index < -0.39 is 0 Å². The molecule has 0 saturated carbocycles. The number of anilines is 3. The van der Waals surface area contributed by atoms with Gasteiger partial charge in [0.1, 0.15) is 0 Å². The van der Waals surface area contributed by atoms with Crippen LogP contribution in [0, 0.1) is 0 Å². The van der Waals surface area contributed by atoms with Crippen LogP contribution in [0.2, 0.25) is 10.0 Å². The second kappa shape index (κ2) is 7.89. The summed E-state index contributed by atoms with van der Waals surface area (Å²) in [5.74, 6) is 1.08. The van der Waals surface area contributed by atoms with Crippen LogP contribution in [0.1, 0.15) is 6.92 Å². The number of aliphatic imine (C=N–C) groups is 1. The van der Waals surface area contributed by atoms with E-state index in [1.807, 2.05) is 6.92 Å². The van der Waals surface area contributed by atoms with Crippen molar-refractivity contribution in [2.75, 3.05) is 30.0 Å². The Balaban J connectivity index is 2.29. The molecule has 0 amide bonds. The fraction of sp³-hybridized carbons (Fsp3) is 0.214. The SMILES string of the molecule is CCNc1nc(/N=C(\N)Nc2cc(Cl)cc(Cl)c2)nc(N)c1OC. The zero-order chi connectivity index (χ0) is 17.7. The second-order valence-electron chi connectivity index (χ2n) is 4.60. The third-order valence-electron chi connectivity index (χ3n) is 2.78. The molecule has 0 aliphatic carbocycles. The van der Waals surface area contributed by atoms with Gasteiger partial charge in [0, 0.05) is 22.3 Å². The third kappa shape index (κ3) is 4.53. The summed E-state index contributed by atoms with van der Waals surface area (Å²) in [5, 5.41) is 6.82. The number of nitrogens with zero attached hydrogens (tertiary/aromatic N) is 3. The molecule has 24 heavy (non-hydrogen) atoms. The first-order valence-electron chi connectivity index (χ1n) is 6.95. The zero-order valence-electron chi connectivity index (χ0n) is 13.1. The smallest absolute Gasteiger partial charge is 0.256 e. The van der Waals surface area contributed by atoms with Crippen LogP contribution < -0.4 is 26.8 Å². The third-order valence-corrected chi connectivity index (χ3v) is 3.22. The molecule has 6 N–H and O–H groups in total. The average Bonchev–Trinajstić information content (AvgIpc) is 2.46. The Hall–Kier alpha value is -2.45. The minimum atomic E-state index is 0.0559. The number of benzene rings is 1. The molecular weight excluding hydrogens is 353 g/mol. The summed E-state index contributed by atoms with van der Waals surface area (Å²) in [6.45, 7) is 2.55. The molecule has 1 heterocycles. The van der Waals surface area contributed by atoms with Crippen molar-refractivity contribution in [1.82, 2.24) is 9.97 Å². The molecule has 0 fully saturated rings. The topological polar surface area (TPSA) is 123 Å². The Morgan fingerprint density at radius 2 is 1.92 bits per heavy atom. The summed E-state index contributed by atoms with van der Waals surface area (Å²) < 4.78 is 5.17. The van der Waals surface area contributed by atoms with Crippen molar-refractivity contribution in [2.45, 2.75) is 6.92 Å². The highest BCUT2D eigenvalue weighted by Gasteiger charge is 2.12. The Morgan fingerprint density at radius 1 is 1.25 bits per heavy atom. The Morgan fingerprint density at radius 3 is 2.50 bits per heavy atom. The second-order valence-corrected chi connectivity index (χ2v) is 5.47. The molecule has 0 spiro atoms. The van der Waals surface area contributed by atoms with Crippen LogP contribution in [0.3, 0.4) is 0 Å². The summed E-state index contributed by atoms with van der Waals surface area (Å²) in [6, 6.07) is 4.92. The summed E-state index contributed by atoms with van der Waals surface area (Å²) in [6.07, 6.45) is 0. The molecule has 0 bridgehead atoms. The molecule has 0 atom stereocenters. The van der Waals surface area contributed by atoms with Gasteiger partial charge in [-0.3, -0.25) is 0 Å². The van der Waals surface area contributed by atoms with Crippen LogP contribution in [-0.4, -0.2) is 29.6 Å². The lowest BCUT2D eigenvalue weighted by Crippen LogP contribution is -2.22. The average molecular weight is 370 g/mol. The number of ether oxygens (including phenoxy) is 1. The first-order valence-corrected chi connectivity index (χ1v) is 7.71. The van der Waals surface area contributed by atoms with Gasteiger partial charge >= 0.3 is 0 Å². The van der Waals surface area contributed by atoms with Crippen molar-refractivity contribution >= 4 is 52.4 Å². The predicted molar refractivity (Wildman–Crippen MR) is 98.5 cm³/mol. The first kappa shape index (κ1) is 17.9. The highest BCUT2D eigenvalue weighted by molar-refractivity contribution is 6.35. The molecule has 0 unspecified atom stereocenters. The Labute approximate surface area is 149 Å². The number of hydrogen-bond donors (Lipinski definition) is 4. The van der Waals surface area contributed by atoms with Gasteiger partial charge in [-0.05, 0) is 25.1 Å². The lowest BCUT2D eigenvalue weighted by atomic mass is 10.3. The summed E-state index contributed by atoms with van der Waals surface area (Å²) >= 11 is 11.9. The molecule has 8 nitrogen and oxygen atoms in total. The molecule has 2 aromatic rings. The largest absolute Gasteiger partial charge is 0.490 e. The molecule has 0 saturated heterocycles. The van der Waals surface area contributed by atoms with E-state index in [4.69, 9.17) is 39.4 Å². The Bertz CT molecular complexity index is 747. The van der Waals surface area contributed by atoms with Gasteiger partial charge < -0.3 is 26.8 Å². The van der Waals surface area contributed by atoms with Crippen molar-refractivity contribution in [3.63, 3.8) is 0 Å². The Kier molecular flexibility index (Phi) is 5.88. The van der Waals surface area contributed by atoms with Gasteiger partial charge in [-0.25, -0.2) is 0 Å². The highest BCUT2D eigenvalue weighted by Crippen LogP contribution is 2.29. The van der Waals surface area contributed by atoms with Crippen LogP contribution >= 0.6 is 23.2 Å². The number of guanidine groups is 1. The van der Waals surface area contributed by atoms with Crippen molar-refractivity contribution in [1.29, 1.82) is 0 Å². The lowest BCUT2D eigenvalue weighted by molar-refractivity contribution is 0.415. The van der Waals surface area contributed by atoms with Crippen LogP contribution in [0.25, 0.3) is 0 Å². The maximum atomic E-state index is 5.93. The molecule has 10 heteroatoms. The first-order chi connectivity index (χ1) is 11.4. The molecule has 2 rings (SSSR count). The maximum absolute atomic E-state index is 5.93. The van der Waals surface area contributed by atoms with Crippen molar-refractivity contribution in [3.8, 4) is 5.75 Å². The van der Waals surface area contributed by atoms with Crippen molar-refractivity contribution in [2.24, 2.45) is 10.7 Å². The fourth-order valence-corrected chi connectivity index (χ4v) is 2.43. The van der Waals surface area contributed by atoms with E-state index in [1.54, 1.807) is 18.2 Å². The zero-order valence-corrected chi connectivity index (χ0v) is 14.6. The molecule has 0 aliphatic heterocycles. The number of rotatable bonds is 5. The van der Waals surface area contributed by atoms with E-state index in [9.17, 15) is 0 Å². The van der Waals surface area contributed by atoms with Crippen LogP contribution in [0.5, 0.6) is 5.75 Å². The van der Waals surface area contributed by atoms with Gasteiger partial charge in [0.15, 0.2) is 11.6 Å². The number of nitrogens with one attached hydrogen (secondary N) is 2. The highest BCUT2D eigenvalue weighted by atomic mass is 35.5. The summed E-state index contributed by atoms with van der Waals surface area (Å²) in [5.41, 5.74) is 12.3. The van der Waals surface area contributed by atoms with E-state index in [0.29, 0.717) is 33.8 Å². The minimum absolute atomic E-state index is 0.0559. The van der Waals surface area contributed by atoms with E-state index >= 15 is 0 Å². The predicted octanol–water partition coefficient (Wildman–Crippen LogP) is 2.86. The normalized spacial score (nSPS) is 11.2. The summed E-state index contributed by atoms with van der Waals surface area (Å²) in [7, 11) is 1.48. The molecular formula is C14H17Cl2N7O. The number of halogens is 2. The van der Waals surface area contributed by atoms with Crippen molar-refractivity contribution in [3.05, 3.63) is 28.2 Å². The van der Waals surface area contributed by atoms with Gasteiger partial charge in [0.2, 0.25) is 11.7 Å². The van der Waals surface area contributed by atoms with Crippen LogP contribution in [0.15, 0.2) is 23.2 Å². The van der Waals surface area contributed by atoms with Crippen LogP contribution in [0.4, 0.5) is 23.3 Å². The number of nitrogen functional groups attached to an aromatic ring is 1. The number of hydrogen-bond acceptors (Lipinski definition) is 6. The van der Waals surface area contributed by atoms with E-state index in [-0.39, 0.29) is 17.7 Å². The summed E-state index contributed by atoms with van der Waals surface area (Å²) in [4.78, 5) is 12.4. The fourth-order valence-electron chi connectivity index (χ4n) is 1.90. The standard InChI is InChI=1S/C14H17Cl2N7O/c1-3-19-12-10(24-2)11(17)21-14(22-12)23-13(18)20-9-5-7(15)4-8(16)6-9/h4-6H,3H2,1-2H3,(H6,17,18,19,20,21,22,23). The number of aromatic nitrogens is 2. The van der Waals surface area contributed by atoms with Gasteiger partial charge in [-0.2, -0.15) is 15.0 Å². The molecule has 128 valence electrons. The van der Waals surface area contributed by atoms with Gasteiger partial charge in [0.05, 0.1) is 7.11 Å². The molecule has 0 radical (unpaired) electrons. The quantitative estimate of drug-likeness (QED) is 0.471. The van der Waals surface area contributed by atoms with Crippen LogP contribution in [-0.2, 0) is 0 Å². The lowest BCUT2D eigenvalue weighted by Gasteiger charge is -2.11. The maximum Gasteiger partial charge on any atom is 0.256 e. The van der Waals surface area contributed by atoms with Gasteiger partial charge in [-0.15, -0.1) is 0 Å². The molecule has 1 aromatic carbocycles. The number of nitrogens with two attached hydrogens (primary N) is 2. The molecule has 1 aromatic heterocycles. The van der Waals surface area contributed by atoms with E-state index in [0.717, 1.165) is 0 Å².